The van der Waals surface area contributed by atoms with Crippen molar-refractivity contribution in [2.24, 2.45) is 0 Å². The van der Waals surface area contributed by atoms with Crippen molar-refractivity contribution in [2.45, 2.75) is 25.0 Å². The minimum absolute atomic E-state index is 0.123. The molecule has 70 valence electrons. The first kappa shape index (κ1) is 8.59. The van der Waals surface area contributed by atoms with Crippen molar-refractivity contribution in [3.05, 3.63) is 24.3 Å². The second kappa shape index (κ2) is 3.81. The molecule has 1 saturated heterocycles. The summed E-state index contributed by atoms with van der Waals surface area (Å²) >= 11 is 0. The van der Waals surface area contributed by atoms with Crippen molar-refractivity contribution in [1.29, 1.82) is 0 Å². The van der Waals surface area contributed by atoms with E-state index >= 15 is 0 Å². The summed E-state index contributed by atoms with van der Waals surface area (Å²) in [5.41, 5.74) is 0. The normalized spacial score (nSPS) is 24.5. The second-order valence-electron chi connectivity index (χ2n) is 3.10. The van der Waals surface area contributed by atoms with Crippen LogP contribution in [-0.4, -0.2) is 27.8 Å². The summed E-state index contributed by atoms with van der Waals surface area (Å²) in [6.07, 6.45) is 4.35. The molecule has 0 bridgehead atoms. The molecule has 4 nitrogen and oxygen atoms in total. The van der Waals surface area contributed by atoms with Crippen LogP contribution in [-0.2, 0) is 4.74 Å². The highest BCUT2D eigenvalue weighted by Gasteiger charge is 2.26. The molecular formula is C9H12N2O2. The molecule has 1 aliphatic rings. The Morgan fingerprint density at radius 3 is 2.85 bits per heavy atom. The van der Waals surface area contributed by atoms with Gasteiger partial charge in [-0.2, -0.15) is 0 Å². The average molecular weight is 180 g/mol. The Labute approximate surface area is 76.6 Å². The summed E-state index contributed by atoms with van der Waals surface area (Å²) in [4.78, 5) is 7.96. The van der Waals surface area contributed by atoms with E-state index in [-0.39, 0.29) is 6.10 Å². The minimum Gasteiger partial charge on any atom is -0.382 e. The number of nitrogens with zero attached hydrogens (tertiary/aromatic N) is 2. The van der Waals surface area contributed by atoms with Gasteiger partial charge in [-0.25, -0.2) is 9.97 Å². The summed E-state index contributed by atoms with van der Waals surface area (Å²) in [5.74, 6) is 0.453. The Hall–Kier alpha value is -1.00. The van der Waals surface area contributed by atoms with E-state index in [2.05, 4.69) is 9.97 Å². The number of hydrogen-bond donors (Lipinski definition) is 1. The largest absolute Gasteiger partial charge is 0.382 e. The van der Waals surface area contributed by atoms with E-state index < -0.39 is 6.10 Å². The van der Waals surface area contributed by atoms with Crippen molar-refractivity contribution >= 4 is 0 Å². The van der Waals surface area contributed by atoms with E-state index in [0.29, 0.717) is 5.82 Å². The Bertz CT molecular complexity index is 260. The molecule has 2 heterocycles. The van der Waals surface area contributed by atoms with Crippen LogP contribution in [0.25, 0.3) is 0 Å². The molecule has 2 rings (SSSR count). The zero-order valence-electron chi connectivity index (χ0n) is 7.26. The summed E-state index contributed by atoms with van der Waals surface area (Å²) in [5, 5.41) is 9.77. The minimum atomic E-state index is -0.677. The Balaban J connectivity index is 2.08. The number of aromatic nitrogens is 2. The average Bonchev–Trinajstić information content (AvgIpc) is 2.71. The Morgan fingerprint density at radius 2 is 2.23 bits per heavy atom. The number of ether oxygens (including phenoxy) is 1. The zero-order chi connectivity index (χ0) is 9.10. The first-order valence-electron chi connectivity index (χ1n) is 4.44. The van der Waals surface area contributed by atoms with E-state index in [9.17, 15) is 5.11 Å². The van der Waals surface area contributed by atoms with Crippen molar-refractivity contribution < 1.29 is 9.84 Å². The predicted molar refractivity (Wildman–Crippen MR) is 46.0 cm³/mol. The topological polar surface area (TPSA) is 55.2 Å². The quantitative estimate of drug-likeness (QED) is 0.727. The van der Waals surface area contributed by atoms with Crippen LogP contribution >= 0.6 is 0 Å². The van der Waals surface area contributed by atoms with Gasteiger partial charge in [-0.1, -0.05) is 0 Å². The predicted octanol–water partition coefficient (Wildman–Crippen LogP) is 0.689. The third kappa shape index (κ3) is 1.84. The molecule has 0 amide bonds. The Morgan fingerprint density at radius 1 is 1.46 bits per heavy atom. The molecule has 13 heavy (non-hydrogen) atoms. The maximum atomic E-state index is 9.77. The smallest absolute Gasteiger partial charge is 0.159 e. The third-order valence-electron chi connectivity index (χ3n) is 2.17. The lowest BCUT2D eigenvalue weighted by molar-refractivity contribution is -0.00702. The molecule has 1 N–H and O–H groups in total. The molecule has 4 heteroatoms. The molecule has 0 aliphatic carbocycles. The van der Waals surface area contributed by atoms with E-state index in [4.69, 9.17) is 4.74 Å². The highest BCUT2D eigenvalue weighted by molar-refractivity contribution is 4.96. The van der Waals surface area contributed by atoms with Crippen molar-refractivity contribution in [3.63, 3.8) is 0 Å². The number of aliphatic hydroxyl groups excluding tert-OH is 1. The van der Waals surface area contributed by atoms with Gasteiger partial charge in [0.2, 0.25) is 0 Å². The van der Waals surface area contributed by atoms with Gasteiger partial charge in [0.25, 0.3) is 0 Å². The summed E-state index contributed by atoms with van der Waals surface area (Å²) in [6.45, 7) is 0.731. The highest BCUT2D eigenvalue weighted by atomic mass is 16.5. The molecular weight excluding hydrogens is 168 g/mol. The van der Waals surface area contributed by atoms with Crippen molar-refractivity contribution in [2.75, 3.05) is 6.61 Å². The van der Waals surface area contributed by atoms with Gasteiger partial charge in [0, 0.05) is 19.0 Å². The standard InChI is InChI=1S/C9H12N2O2/c12-8(7-3-1-6-13-7)9-10-4-2-5-11-9/h2,4-5,7-8,12H,1,3,6H2. The molecule has 2 unspecified atom stereocenters. The fraction of sp³-hybridized carbons (Fsp3) is 0.556. The molecule has 1 aromatic heterocycles. The maximum absolute atomic E-state index is 9.77. The first-order chi connectivity index (χ1) is 6.38. The second-order valence-corrected chi connectivity index (χ2v) is 3.10. The lowest BCUT2D eigenvalue weighted by Gasteiger charge is -2.15. The van der Waals surface area contributed by atoms with Gasteiger partial charge in [-0.05, 0) is 18.9 Å². The fourth-order valence-electron chi connectivity index (χ4n) is 1.48. The number of rotatable bonds is 2. The van der Waals surface area contributed by atoms with Gasteiger partial charge < -0.3 is 9.84 Å². The molecule has 2 atom stereocenters. The molecule has 0 spiro atoms. The van der Waals surface area contributed by atoms with Crippen LogP contribution in [0.3, 0.4) is 0 Å². The van der Waals surface area contributed by atoms with Crippen molar-refractivity contribution in [1.82, 2.24) is 9.97 Å². The maximum Gasteiger partial charge on any atom is 0.159 e. The molecule has 1 fully saturated rings. The van der Waals surface area contributed by atoms with Crippen LogP contribution < -0.4 is 0 Å². The van der Waals surface area contributed by atoms with E-state index in [1.54, 1.807) is 18.5 Å². The van der Waals surface area contributed by atoms with Crippen molar-refractivity contribution in [3.8, 4) is 0 Å². The number of aliphatic hydroxyl groups is 1. The van der Waals surface area contributed by atoms with E-state index in [1.165, 1.54) is 0 Å². The van der Waals surface area contributed by atoms with Gasteiger partial charge in [0.05, 0.1) is 6.10 Å². The Kier molecular flexibility index (Phi) is 2.52. The van der Waals surface area contributed by atoms with Gasteiger partial charge >= 0.3 is 0 Å². The lowest BCUT2D eigenvalue weighted by atomic mass is 10.1. The van der Waals surface area contributed by atoms with Crippen LogP contribution in [0, 0.1) is 0 Å². The zero-order valence-corrected chi connectivity index (χ0v) is 7.26. The summed E-state index contributed by atoms with van der Waals surface area (Å²) < 4.78 is 5.34. The van der Waals surface area contributed by atoms with Crippen LogP contribution in [0.4, 0.5) is 0 Å². The van der Waals surface area contributed by atoms with Gasteiger partial charge in [-0.3, -0.25) is 0 Å². The molecule has 1 aromatic rings. The molecule has 0 aromatic carbocycles. The van der Waals surface area contributed by atoms with Crippen LogP contribution in [0.1, 0.15) is 24.8 Å². The molecule has 1 aliphatic heterocycles. The van der Waals surface area contributed by atoms with E-state index in [0.717, 1.165) is 19.4 Å². The summed E-state index contributed by atoms with van der Waals surface area (Å²) in [6, 6.07) is 1.73. The van der Waals surface area contributed by atoms with Crippen LogP contribution in [0.5, 0.6) is 0 Å². The summed E-state index contributed by atoms with van der Waals surface area (Å²) in [7, 11) is 0. The monoisotopic (exact) mass is 180 g/mol. The fourth-order valence-corrected chi connectivity index (χ4v) is 1.48. The van der Waals surface area contributed by atoms with Gasteiger partial charge in [0.1, 0.15) is 6.10 Å². The highest BCUT2D eigenvalue weighted by Crippen LogP contribution is 2.23. The number of hydrogen-bond acceptors (Lipinski definition) is 4. The third-order valence-corrected chi connectivity index (χ3v) is 2.17. The van der Waals surface area contributed by atoms with Crippen LogP contribution in [0.15, 0.2) is 18.5 Å². The lowest BCUT2D eigenvalue weighted by Crippen LogP contribution is -2.19. The van der Waals surface area contributed by atoms with Gasteiger partial charge in [0.15, 0.2) is 5.82 Å². The van der Waals surface area contributed by atoms with Gasteiger partial charge in [-0.15, -0.1) is 0 Å². The molecule has 0 saturated carbocycles. The van der Waals surface area contributed by atoms with Crippen LogP contribution in [0.2, 0.25) is 0 Å². The molecule has 0 radical (unpaired) electrons. The van der Waals surface area contributed by atoms with E-state index in [1.807, 2.05) is 0 Å². The first-order valence-corrected chi connectivity index (χ1v) is 4.44. The SMILES string of the molecule is OC(c1ncccn1)C1CCCO1.